The summed E-state index contributed by atoms with van der Waals surface area (Å²) in [4.78, 5) is 25.5. The van der Waals surface area contributed by atoms with Crippen LogP contribution in [0.1, 0.15) is 38.2 Å². The first-order chi connectivity index (χ1) is 10.0. The van der Waals surface area contributed by atoms with Gasteiger partial charge in [-0.2, -0.15) is 0 Å². The van der Waals surface area contributed by atoms with Gasteiger partial charge in [0.2, 0.25) is 5.91 Å². The zero-order valence-electron chi connectivity index (χ0n) is 13.6. The standard InChI is InChI=1S/C16H26N4O/c1-5-14(6-2)16(21)20-9-7-19(8-10-20)15-11-12(3)17-13(4)18-15/h11,14H,5-10H2,1-4H3. The molecule has 5 nitrogen and oxygen atoms in total. The first-order valence-corrected chi connectivity index (χ1v) is 7.91. The molecule has 1 amide bonds. The fourth-order valence-electron chi connectivity index (χ4n) is 2.91. The predicted molar refractivity (Wildman–Crippen MR) is 84.4 cm³/mol. The van der Waals surface area contributed by atoms with Crippen molar-refractivity contribution >= 4 is 11.7 Å². The molecule has 0 radical (unpaired) electrons. The molecule has 0 atom stereocenters. The van der Waals surface area contributed by atoms with Crippen LogP contribution in [0.15, 0.2) is 6.07 Å². The minimum Gasteiger partial charge on any atom is -0.353 e. The van der Waals surface area contributed by atoms with Crippen molar-refractivity contribution in [2.45, 2.75) is 40.5 Å². The van der Waals surface area contributed by atoms with Gasteiger partial charge in [-0.05, 0) is 26.7 Å². The maximum absolute atomic E-state index is 12.4. The smallest absolute Gasteiger partial charge is 0.225 e. The molecule has 0 aromatic carbocycles. The third-order valence-electron chi connectivity index (χ3n) is 4.20. The zero-order chi connectivity index (χ0) is 15.4. The Hall–Kier alpha value is -1.65. The van der Waals surface area contributed by atoms with Crippen LogP contribution in [0.3, 0.4) is 0 Å². The molecule has 0 unspecified atom stereocenters. The Labute approximate surface area is 127 Å². The molecule has 0 spiro atoms. The van der Waals surface area contributed by atoms with Crippen molar-refractivity contribution in [1.82, 2.24) is 14.9 Å². The number of carbonyl (C=O) groups is 1. The van der Waals surface area contributed by atoms with Crippen molar-refractivity contribution in [2.24, 2.45) is 5.92 Å². The van der Waals surface area contributed by atoms with Crippen molar-refractivity contribution in [3.05, 3.63) is 17.6 Å². The van der Waals surface area contributed by atoms with Crippen molar-refractivity contribution in [1.29, 1.82) is 0 Å². The van der Waals surface area contributed by atoms with E-state index in [2.05, 4.69) is 28.7 Å². The molecule has 116 valence electrons. The summed E-state index contributed by atoms with van der Waals surface area (Å²) < 4.78 is 0. The monoisotopic (exact) mass is 290 g/mol. The quantitative estimate of drug-likeness (QED) is 0.853. The van der Waals surface area contributed by atoms with Crippen molar-refractivity contribution in [2.75, 3.05) is 31.1 Å². The van der Waals surface area contributed by atoms with Crippen LogP contribution in [0, 0.1) is 19.8 Å². The lowest BCUT2D eigenvalue weighted by molar-refractivity contribution is -0.136. The number of piperazine rings is 1. The lowest BCUT2D eigenvalue weighted by Gasteiger charge is -2.37. The number of aromatic nitrogens is 2. The Morgan fingerprint density at radius 1 is 1.14 bits per heavy atom. The summed E-state index contributed by atoms with van der Waals surface area (Å²) in [5.41, 5.74) is 0.994. The van der Waals surface area contributed by atoms with Gasteiger partial charge in [0.25, 0.3) is 0 Å². The van der Waals surface area contributed by atoms with Crippen LogP contribution in [0.4, 0.5) is 5.82 Å². The maximum Gasteiger partial charge on any atom is 0.225 e. The molecule has 1 aliphatic rings. The molecule has 1 fully saturated rings. The van der Waals surface area contributed by atoms with E-state index in [0.717, 1.165) is 56.4 Å². The number of anilines is 1. The van der Waals surface area contributed by atoms with E-state index in [0.29, 0.717) is 5.91 Å². The van der Waals surface area contributed by atoms with E-state index >= 15 is 0 Å². The Balaban J connectivity index is 1.98. The molecule has 1 aliphatic heterocycles. The van der Waals surface area contributed by atoms with Gasteiger partial charge in [0.1, 0.15) is 11.6 Å². The minimum absolute atomic E-state index is 0.181. The average Bonchev–Trinajstić information content (AvgIpc) is 2.47. The number of aryl methyl sites for hydroxylation is 2. The molecule has 2 heterocycles. The van der Waals surface area contributed by atoms with Crippen LogP contribution in [-0.4, -0.2) is 47.0 Å². The first kappa shape index (κ1) is 15.7. The van der Waals surface area contributed by atoms with Gasteiger partial charge >= 0.3 is 0 Å². The number of hydrogen-bond donors (Lipinski definition) is 0. The Bertz CT molecular complexity index is 471. The Morgan fingerprint density at radius 2 is 1.76 bits per heavy atom. The van der Waals surface area contributed by atoms with Gasteiger partial charge in [-0.3, -0.25) is 4.79 Å². The molecule has 0 bridgehead atoms. The SMILES string of the molecule is CCC(CC)C(=O)N1CCN(c2cc(C)nc(C)n2)CC1. The highest BCUT2D eigenvalue weighted by molar-refractivity contribution is 5.79. The molecule has 0 aliphatic carbocycles. The van der Waals surface area contributed by atoms with Gasteiger partial charge < -0.3 is 9.80 Å². The van der Waals surface area contributed by atoms with E-state index in [1.54, 1.807) is 0 Å². The van der Waals surface area contributed by atoms with Gasteiger partial charge in [0.15, 0.2) is 0 Å². The largest absolute Gasteiger partial charge is 0.353 e. The maximum atomic E-state index is 12.4. The number of nitrogens with zero attached hydrogens (tertiary/aromatic N) is 4. The second-order valence-electron chi connectivity index (χ2n) is 5.74. The topological polar surface area (TPSA) is 49.3 Å². The van der Waals surface area contributed by atoms with Gasteiger partial charge in [0, 0.05) is 43.9 Å². The van der Waals surface area contributed by atoms with Crippen molar-refractivity contribution in [3.63, 3.8) is 0 Å². The van der Waals surface area contributed by atoms with Crippen LogP contribution in [-0.2, 0) is 4.79 Å². The summed E-state index contributed by atoms with van der Waals surface area (Å²) in [5.74, 6) is 2.28. The van der Waals surface area contributed by atoms with E-state index in [9.17, 15) is 4.79 Å². The summed E-state index contributed by atoms with van der Waals surface area (Å²) in [6, 6.07) is 2.02. The second-order valence-corrected chi connectivity index (χ2v) is 5.74. The van der Waals surface area contributed by atoms with E-state index in [1.165, 1.54) is 0 Å². The van der Waals surface area contributed by atoms with Crippen molar-refractivity contribution in [3.8, 4) is 0 Å². The first-order valence-electron chi connectivity index (χ1n) is 7.91. The molecule has 1 saturated heterocycles. The number of carbonyl (C=O) groups excluding carboxylic acids is 1. The molecule has 0 N–H and O–H groups in total. The molecule has 5 heteroatoms. The summed E-state index contributed by atoms with van der Waals surface area (Å²) in [6.07, 6.45) is 1.86. The van der Waals surface area contributed by atoms with E-state index in [4.69, 9.17) is 0 Å². The van der Waals surface area contributed by atoms with Gasteiger partial charge in [0.05, 0.1) is 0 Å². The number of rotatable bonds is 4. The highest BCUT2D eigenvalue weighted by Crippen LogP contribution is 2.18. The Morgan fingerprint density at radius 3 is 2.29 bits per heavy atom. The highest BCUT2D eigenvalue weighted by atomic mass is 16.2. The molecule has 21 heavy (non-hydrogen) atoms. The van der Waals surface area contributed by atoms with E-state index in [1.807, 2.05) is 24.8 Å². The number of hydrogen-bond acceptors (Lipinski definition) is 4. The van der Waals surface area contributed by atoms with E-state index in [-0.39, 0.29) is 5.92 Å². The van der Waals surface area contributed by atoms with Crippen LogP contribution in [0.25, 0.3) is 0 Å². The minimum atomic E-state index is 0.181. The molecule has 1 aromatic heterocycles. The summed E-state index contributed by atoms with van der Waals surface area (Å²) in [7, 11) is 0. The van der Waals surface area contributed by atoms with E-state index < -0.39 is 0 Å². The second kappa shape index (κ2) is 6.87. The lowest BCUT2D eigenvalue weighted by atomic mass is 10.0. The summed E-state index contributed by atoms with van der Waals surface area (Å²) in [5, 5.41) is 0. The molecule has 2 rings (SSSR count). The van der Waals surface area contributed by atoms with Crippen molar-refractivity contribution < 1.29 is 4.79 Å². The predicted octanol–water partition coefficient (Wildman–Crippen LogP) is 2.18. The molecular weight excluding hydrogens is 264 g/mol. The van der Waals surface area contributed by atoms with Crippen LogP contribution >= 0.6 is 0 Å². The molecular formula is C16H26N4O. The molecule has 0 saturated carbocycles. The fourth-order valence-corrected chi connectivity index (χ4v) is 2.91. The lowest BCUT2D eigenvalue weighted by Crippen LogP contribution is -2.50. The van der Waals surface area contributed by atoms with Crippen LogP contribution in [0.2, 0.25) is 0 Å². The normalized spacial score (nSPS) is 15.7. The highest BCUT2D eigenvalue weighted by Gasteiger charge is 2.26. The van der Waals surface area contributed by atoms with Gasteiger partial charge in [-0.1, -0.05) is 13.8 Å². The Kier molecular flexibility index (Phi) is 5.15. The third-order valence-corrected chi connectivity index (χ3v) is 4.20. The van der Waals surface area contributed by atoms with Crippen LogP contribution < -0.4 is 4.90 Å². The zero-order valence-corrected chi connectivity index (χ0v) is 13.6. The fraction of sp³-hybridized carbons (Fsp3) is 0.688. The van der Waals surface area contributed by atoms with Gasteiger partial charge in [-0.25, -0.2) is 9.97 Å². The average molecular weight is 290 g/mol. The summed E-state index contributed by atoms with van der Waals surface area (Å²) >= 11 is 0. The number of amides is 1. The molecule has 1 aromatic rings. The summed E-state index contributed by atoms with van der Waals surface area (Å²) in [6.45, 7) is 11.4. The van der Waals surface area contributed by atoms with Gasteiger partial charge in [-0.15, -0.1) is 0 Å². The third kappa shape index (κ3) is 3.71. The van der Waals surface area contributed by atoms with Crippen LogP contribution in [0.5, 0.6) is 0 Å².